The van der Waals surface area contributed by atoms with Gasteiger partial charge in [-0.3, -0.25) is 0 Å². The molecule has 86 valence electrons. The molecule has 0 aromatic heterocycles. The van der Waals surface area contributed by atoms with Gasteiger partial charge in [0.15, 0.2) is 0 Å². The molecule has 0 atom stereocenters. The van der Waals surface area contributed by atoms with E-state index in [9.17, 15) is 0 Å². The van der Waals surface area contributed by atoms with Crippen molar-refractivity contribution in [2.24, 2.45) is 10.9 Å². The van der Waals surface area contributed by atoms with Crippen molar-refractivity contribution in [2.75, 3.05) is 5.73 Å². The summed E-state index contributed by atoms with van der Waals surface area (Å²) in [5.74, 6) is 5.44. The molecular weight excluding hydrogens is 234 g/mol. The third-order valence-electron chi connectivity index (χ3n) is 2.43. The van der Waals surface area contributed by atoms with Crippen LogP contribution in [0, 0.1) is 0 Å². The molecule has 17 heavy (non-hydrogen) atoms. The normalized spacial score (nSPS) is 11.5. The molecule has 3 nitrogen and oxygen atoms in total. The summed E-state index contributed by atoms with van der Waals surface area (Å²) >= 11 is 5.84. The number of nitrogens with two attached hydrogens (primary N) is 2. The van der Waals surface area contributed by atoms with Crippen LogP contribution in [-0.4, -0.2) is 5.71 Å². The maximum absolute atomic E-state index is 5.84. The van der Waals surface area contributed by atoms with Gasteiger partial charge in [0.05, 0.1) is 5.71 Å². The Labute approximate surface area is 105 Å². The Hall–Kier alpha value is -2.00. The fourth-order valence-corrected chi connectivity index (χ4v) is 1.69. The van der Waals surface area contributed by atoms with E-state index in [1.807, 2.05) is 36.4 Å². The predicted octanol–water partition coefficient (Wildman–Crippen LogP) is 2.63. The summed E-state index contributed by atoms with van der Waals surface area (Å²) in [6, 6.07) is 14.8. The number of nitrogens with zero attached hydrogens (tertiary/aromatic N) is 1. The number of benzene rings is 2. The molecule has 0 fully saturated rings. The van der Waals surface area contributed by atoms with Gasteiger partial charge in [0, 0.05) is 21.8 Å². The zero-order valence-electron chi connectivity index (χ0n) is 9.10. The van der Waals surface area contributed by atoms with E-state index in [0.29, 0.717) is 16.4 Å². The van der Waals surface area contributed by atoms with Gasteiger partial charge in [-0.2, -0.15) is 5.10 Å². The smallest absolute Gasteiger partial charge is 0.0971 e. The SMILES string of the molecule is N/N=C(\c1ccc(N)cc1)c1ccc(Cl)cc1. The second-order valence-electron chi connectivity index (χ2n) is 3.61. The molecule has 2 aromatic rings. The van der Waals surface area contributed by atoms with E-state index in [0.717, 1.165) is 11.1 Å². The summed E-state index contributed by atoms with van der Waals surface area (Å²) in [5.41, 5.74) is 8.90. The molecule has 0 spiro atoms. The van der Waals surface area contributed by atoms with Gasteiger partial charge in [0.2, 0.25) is 0 Å². The molecule has 0 amide bonds. The Balaban J connectivity index is 2.41. The van der Waals surface area contributed by atoms with E-state index >= 15 is 0 Å². The van der Waals surface area contributed by atoms with E-state index in [2.05, 4.69) is 5.10 Å². The van der Waals surface area contributed by atoms with E-state index in [4.69, 9.17) is 23.2 Å². The van der Waals surface area contributed by atoms with Crippen LogP contribution < -0.4 is 11.6 Å². The van der Waals surface area contributed by atoms with E-state index in [1.54, 1.807) is 12.1 Å². The van der Waals surface area contributed by atoms with Crippen LogP contribution in [0.25, 0.3) is 0 Å². The second-order valence-corrected chi connectivity index (χ2v) is 4.04. The average Bonchev–Trinajstić information content (AvgIpc) is 2.35. The first kappa shape index (κ1) is 11.5. The molecule has 0 saturated carbocycles. The number of anilines is 1. The summed E-state index contributed by atoms with van der Waals surface area (Å²) in [4.78, 5) is 0. The zero-order valence-corrected chi connectivity index (χ0v) is 9.85. The van der Waals surface area contributed by atoms with Crippen LogP contribution in [0.5, 0.6) is 0 Å². The molecule has 4 N–H and O–H groups in total. The maximum atomic E-state index is 5.84. The molecular formula is C13H12ClN3. The third kappa shape index (κ3) is 2.57. The lowest BCUT2D eigenvalue weighted by Gasteiger charge is -2.06. The summed E-state index contributed by atoms with van der Waals surface area (Å²) in [6.45, 7) is 0. The Morgan fingerprint density at radius 3 is 1.82 bits per heavy atom. The van der Waals surface area contributed by atoms with Crippen LogP contribution in [0.1, 0.15) is 11.1 Å². The van der Waals surface area contributed by atoms with Gasteiger partial charge < -0.3 is 11.6 Å². The Kier molecular flexibility index (Phi) is 3.30. The lowest BCUT2D eigenvalue weighted by molar-refractivity contribution is 1.24. The highest BCUT2D eigenvalue weighted by Crippen LogP contribution is 2.15. The van der Waals surface area contributed by atoms with Gasteiger partial charge in [-0.05, 0) is 24.3 Å². The van der Waals surface area contributed by atoms with Crippen LogP contribution in [-0.2, 0) is 0 Å². The molecule has 0 heterocycles. The highest BCUT2D eigenvalue weighted by molar-refractivity contribution is 6.30. The number of halogens is 1. The highest BCUT2D eigenvalue weighted by Gasteiger charge is 2.06. The van der Waals surface area contributed by atoms with Crippen molar-refractivity contribution >= 4 is 23.0 Å². The van der Waals surface area contributed by atoms with Crippen molar-refractivity contribution in [2.45, 2.75) is 0 Å². The molecule has 0 saturated heterocycles. The molecule has 4 heteroatoms. The standard InChI is InChI=1S/C13H12ClN3/c14-11-5-1-9(2-6-11)13(17-16)10-3-7-12(15)8-4-10/h1-8H,15-16H2/b17-13-. The van der Waals surface area contributed by atoms with Crippen molar-refractivity contribution in [1.82, 2.24) is 0 Å². The molecule has 2 aromatic carbocycles. The van der Waals surface area contributed by atoms with Gasteiger partial charge in [0.25, 0.3) is 0 Å². The summed E-state index contributed by atoms with van der Waals surface area (Å²) in [6.07, 6.45) is 0. The molecule has 0 aliphatic carbocycles. The molecule has 0 unspecified atom stereocenters. The fraction of sp³-hybridized carbons (Fsp3) is 0. The van der Waals surface area contributed by atoms with Crippen molar-refractivity contribution in [3.63, 3.8) is 0 Å². The zero-order chi connectivity index (χ0) is 12.3. The Bertz CT molecular complexity index is 482. The van der Waals surface area contributed by atoms with Crippen LogP contribution in [0.3, 0.4) is 0 Å². The largest absolute Gasteiger partial charge is 0.399 e. The average molecular weight is 246 g/mol. The van der Waals surface area contributed by atoms with Crippen LogP contribution in [0.15, 0.2) is 53.6 Å². The minimum atomic E-state index is 0.683. The molecule has 0 aliphatic rings. The quantitative estimate of drug-likeness (QED) is 0.370. The molecule has 0 bridgehead atoms. The first-order valence-electron chi connectivity index (χ1n) is 5.10. The van der Waals surface area contributed by atoms with Crippen LogP contribution in [0.2, 0.25) is 5.02 Å². The molecule has 2 rings (SSSR count). The monoisotopic (exact) mass is 245 g/mol. The van der Waals surface area contributed by atoms with E-state index in [-0.39, 0.29) is 0 Å². The number of hydrazone groups is 1. The second kappa shape index (κ2) is 4.89. The summed E-state index contributed by atoms with van der Waals surface area (Å²) < 4.78 is 0. The molecule has 0 aliphatic heterocycles. The third-order valence-corrected chi connectivity index (χ3v) is 2.68. The fourth-order valence-electron chi connectivity index (χ4n) is 1.56. The van der Waals surface area contributed by atoms with Gasteiger partial charge in [-0.15, -0.1) is 0 Å². The summed E-state index contributed by atoms with van der Waals surface area (Å²) in [5, 5.41) is 4.50. The molecule has 0 radical (unpaired) electrons. The first-order valence-corrected chi connectivity index (χ1v) is 5.48. The number of rotatable bonds is 2. The van der Waals surface area contributed by atoms with Crippen molar-refractivity contribution in [1.29, 1.82) is 0 Å². The van der Waals surface area contributed by atoms with Crippen LogP contribution >= 0.6 is 11.6 Å². The first-order chi connectivity index (χ1) is 8.20. The number of hydrogen-bond acceptors (Lipinski definition) is 3. The van der Waals surface area contributed by atoms with Crippen molar-refractivity contribution in [3.8, 4) is 0 Å². The highest BCUT2D eigenvalue weighted by atomic mass is 35.5. The predicted molar refractivity (Wildman–Crippen MR) is 72.1 cm³/mol. The Morgan fingerprint density at radius 1 is 0.882 bits per heavy atom. The topological polar surface area (TPSA) is 64.4 Å². The minimum absolute atomic E-state index is 0.683. The van der Waals surface area contributed by atoms with Crippen molar-refractivity contribution in [3.05, 3.63) is 64.7 Å². The van der Waals surface area contributed by atoms with Crippen molar-refractivity contribution < 1.29 is 0 Å². The number of nitrogen functional groups attached to an aromatic ring is 1. The maximum Gasteiger partial charge on any atom is 0.0971 e. The van der Waals surface area contributed by atoms with E-state index in [1.165, 1.54) is 0 Å². The minimum Gasteiger partial charge on any atom is -0.399 e. The van der Waals surface area contributed by atoms with Crippen LogP contribution in [0.4, 0.5) is 5.69 Å². The van der Waals surface area contributed by atoms with Gasteiger partial charge in [-0.1, -0.05) is 35.9 Å². The van der Waals surface area contributed by atoms with Gasteiger partial charge in [0.1, 0.15) is 0 Å². The van der Waals surface area contributed by atoms with Gasteiger partial charge >= 0.3 is 0 Å². The lowest BCUT2D eigenvalue weighted by Crippen LogP contribution is -2.06. The van der Waals surface area contributed by atoms with Gasteiger partial charge in [-0.25, -0.2) is 0 Å². The number of hydrogen-bond donors (Lipinski definition) is 2. The summed E-state index contributed by atoms with van der Waals surface area (Å²) in [7, 11) is 0. The lowest BCUT2D eigenvalue weighted by atomic mass is 10.0. The van der Waals surface area contributed by atoms with E-state index < -0.39 is 0 Å². The Morgan fingerprint density at radius 2 is 1.35 bits per heavy atom.